The number of hydrogen-bond donors (Lipinski definition) is 4. The van der Waals surface area contributed by atoms with Gasteiger partial charge in [-0.2, -0.15) is 0 Å². The molecule has 3 amide bonds. The molecule has 0 saturated carbocycles. The highest BCUT2D eigenvalue weighted by Gasteiger charge is 2.26. The van der Waals surface area contributed by atoms with Gasteiger partial charge in [-0.05, 0) is 43.5 Å². The molecule has 0 aliphatic heterocycles. The van der Waals surface area contributed by atoms with Crippen LogP contribution in [-0.4, -0.2) is 30.3 Å². The zero-order valence-electron chi connectivity index (χ0n) is 17.5. The Hall–Kier alpha value is -3.42. The highest BCUT2D eigenvalue weighted by Crippen LogP contribution is 2.15. The van der Waals surface area contributed by atoms with Gasteiger partial charge in [0.2, 0.25) is 0 Å². The summed E-state index contributed by atoms with van der Waals surface area (Å²) in [4.78, 5) is 36.8. The van der Waals surface area contributed by atoms with Crippen LogP contribution in [0.1, 0.15) is 35.3 Å². The predicted molar refractivity (Wildman–Crippen MR) is 113 cm³/mol. The number of benzene rings is 2. The number of nitrogens with one attached hydrogen (secondary N) is 4. The molecule has 2 aromatic rings. The van der Waals surface area contributed by atoms with Gasteiger partial charge in [0.05, 0.1) is 12.1 Å². The highest BCUT2D eigenvalue weighted by molar-refractivity contribution is 5.98. The molecule has 30 heavy (non-hydrogen) atoms. The molecule has 0 saturated heterocycles. The number of rotatable bonds is 7. The summed E-state index contributed by atoms with van der Waals surface area (Å²) in [5, 5.41) is 5.51. The Bertz CT molecular complexity index is 930. The lowest BCUT2D eigenvalue weighted by Crippen LogP contribution is -2.55. The van der Waals surface area contributed by atoms with Gasteiger partial charge in [-0.3, -0.25) is 25.2 Å². The van der Waals surface area contributed by atoms with E-state index in [0.717, 1.165) is 16.8 Å². The van der Waals surface area contributed by atoms with E-state index in [2.05, 4.69) is 21.5 Å². The van der Waals surface area contributed by atoms with Crippen molar-refractivity contribution in [1.29, 1.82) is 0 Å². The Morgan fingerprint density at radius 3 is 2.33 bits per heavy atom. The van der Waals surface area contributed by atoms with E-state index in [9.17, 15) is 18.8 Å². The number of hydrogen-bond acceptors (Lipinski definition) is 4. The first-order valence-corrected chi connectivity index (χ1v) is 9.64. The average Bonchev–Trinajstić information content (AvgIpc) is 2.69. The van der Waals surface area contributed by atoms with E-state index in [1.54, 1.807) is 13.8 Å². The van der Waals surface area contributed by atoms with E-state index in [1.807, 2.05) is 32.0 Å². The summed E-state index contributed by atoms with van der Waals surface area (Å²) in [5.74, 6) is -2.72. The van der Waals surface area contributed by atoms with Crippen LogP contribution in [0.3, 0.4) is 0 Å². The molecule has 1 unspecified atom stereocenters. The van der Waals surface area contributed by atoms with Crippen LogP contribution in [0.4, 0.5) is 10.1 Å². The third-order valence-electron chi connectivity index (χ3n) is 4.50. The van der Waals surface area contributed by atoms with Crippen LogP contribution in [0.2, 0.25) is 0 Å². The van der Waals surface area contributed by atoms with Gasteiger partial charge in [0.15, 0.2) is 0 Å². The number of anilines is 1. The van der Waals surface area contributed by atoms with Crippen molar-refractivity contribution in [2.45, 2.75) is 33.7 Å². The number of hydrazine groups is 1. The number of aryl methyl sites for hydroxylation is 2. The topological polar surface area (TPSA) is 99.3 Å². The van der Waals surface area contributed by atoms with Crippen molar-refractivity contribution in [3.8, 4) is 0 Å². The smallest absolute Gasteiger partial charge is 0.261 e. The maximum Gasteiger partial charge on any atom is 0.261 e. The normalized spacial score (nSPS) is 11.5. The summed E-state index contributed by atoms with van der Waals surface area (Å²) in [7, 11) is 0. The minimum Gasteiger partial charge on any atom is -0.376 e. The lowest BCUT2D eigenvalue weighted by molar-refractivity contribution is -0.129. The van der Waals surface area contributed by atoms with Gasteiger partial charge in [0, 0.05) is 5.69 Å². The molecule has 2 rings (SSSR count). The maximum atomic E-state index is 13.8. The predicted octanol–water partition coefficient (Wildman–Crippen LogP) is 2.46. The zero-order valence-corrected chi connectivity index (χ0v) is 17.5. The van der Waals surface area contributed by atoms with E-state index in [-0.39, 0.29) is 18.0 Å². The van der Waals surface area contributed by atoms with Gasteiger partial charge >= 0.3 is 0 Å². The fraction of sp³-hybridized carbons (Fsp3) is 0.318. The summed E-state index contributed by atoms with van der Waals surface area (Å²) in [6, 6.07) is 10.4. The highest BCUT2D eigenvalue weighted by atomic mass is 19.1. The van der Waals surface area contributed by atoms with Crippen LogP contribution < -0.4 is 21.5 Å². The third kappa shape index (κ3) is 6.30. The molecule has 8 heteroatoms. The second kappa shape index (κ2) is 10.4. The SMILES string of the molecule is Cc1ccc(NCC(=O)NNC(=O)C(NC(=O)c2ccccc2F)C(C)C)c(C)c1. The summed E-state index contributed by atoms with van der Waals surface area (Å²) < 4.78 is 13.8. The van der Waals surface area contributed by atoms with Crippen LogP contribution >= 0.6 is 0 Å². The maximum absolute atomic E-state index is 13.8. The standard InChI is InChI=1S/C22H27FN4O3/c1-13(2)20(25-21(29)16-7-5-6-8-17(16)23)22(30)27-26-19(28)12-24-18-10-9-14(3)11-15(18)4/h5-11,13,20,24H,12H2,1-4H3,(H,25,29)(H,26,28)(H,27,30). The van der Waals surface area contributed by atoms with Crippen molar-refractivity contribution in [1.82, 2.24) is 16.2 Å². The first kappa shape index (κ1) is 22.9. The third-order valence-corrected chi connectivity index (χ3v) is 4.50. The molecule has 0 fully saturated rings. The molecular formula is C22H27FN4O3. The van der Waals surface area contributed by atoms with Crippen molar-refractivity contribution in [2.75, 3.05) is 11.9 Å². The zero-order chi connectivity index (χ0) is 22.3. The Kier molecular flexibility index (Phi) is 7.91. The molecule has 160 valence electrons. The van der Waals surface area contributed by atoms with Crippen molar-refractivity contribution in [2.24, 2.45) is 5.92 Å². The van der Waals surface area contributed by atoms with Crippen molar-refractivity contribution in [3.63, 3.8) is 0 Å². The van der Waals surface area contributed by atoms with Crippen LogP contribution in [0, 0.1) is 25.6 Å². The first-order chi connectivity index (χ1) is 14.2. The summed E-state index contributed by atoms with van der Waals surface area (Å²) in [6.07, 6.45) is 0. The fourth-order valence-electron chi connectivity index (χ4n) is 2.84. The van der Waals surface area contributed by atoms with Gasteiger partial charge in [0.25, 0.3) is 17.7 Å². The number of carbonyl (C=O) groups excluding carboxylic acids is 3. The van der Waals surface area contributed by atoms with Crippen LogP contribution in [0.15, 0.2) is 42.5 Å². The molecule has 4 N–H and O–H groups in total. The van der Waals surface area contributed by atoms with Gasteiger partial charge in [0.1, 0.15) is 11.9 Å². The van der Waals surface area contributed by atoms with Crippen molar-refractivity contribution >= 4 is 23.4 Å². The van der Waals surface area contributed by atoms with E-state index >= 15 is 0 Å². The lowest BCUT2D eigenvalue weighted by atomic mass is 10.0. The Morgan fingerprint density at radius 1 is 1.00 bits per heavy atom. The molecular weight excluding hydrogens is 387 g/mol. The van der Waals surface area contributed by atoms with E-state index in [4.69, 9.17) is 0 Å². The lowest BCUT2D eigenvalue weighted by Gasteiger charge is -2.22. The fourth-order valence-corrected chi connectivity index (χ4v) is 2.84. The van der Waals surface area contributed by atoms with Gasteiger partial charge in [-0.25, -0.2) is 4.39 Å². The Morgan fingerprint density at radius 2 is 1.70 bits per heavy atom. The van der Waals surface area contributed by atoms with Crippen molar-refractivity contribution < 1.29 is 18.8 Å². The van der Waals surface area contributed by atoms with E-state index < -0.39 is 29.6 Å². The molecule has 2 aromatic carbocycles. The summed E-state index contributed by atoms with van der Waals surface area (Å²) >= 11 is 0. The molecule has 1 atom stereocenters. The van der Waals surface area contributed by atoms with Crippen LogP contribution in [-0.2, 0) is 9.59 Å². The van der Waals surface area contributed by atoms with Gasteiger partial charge in [-0.15, -0.1) is 0 Å². The molecule has 7 nitrogen and oxygen atoms in total. The second-order valence-electron chi connectivity index (χ2n) is 7.38. The Balaban J connectivity index is 1.89. The quantitative estimate of drug-likeness (QED) is 0.523. The Labute approximate surface area is 175 Å². The van der Waals surface area contributed by atoms with Gasteiger partial charge in [-0.1, -0.05) is 43.7 Å². The average molecular weight is 414 g/mol. The van der Waals surface area contributed by atoms with E-state index in [1.165, 1.54) is 24.3 Å². The summed E-state index contributed by atoms with van der Waals surface area (Å²) in [5.41, 5.74) is 7.41. The second-order valence-corrected chi connectivity index (χ2v) is 7.38. The molecule has 0 aliphatic carbocycles. The first-order valence-electron chi connectivity index (χ1n) is 9.64. The molecule has 0 radical (unpaired) electrons. The van der Waals surface area contributed by atoms with E-state index in [0.29, 0.717) is 0 Å². The van der Waals surface area contributed by atoms with Crippen molar-refractivity contribution in [3.05, 3.63) is 65.0 Å². The molecule has 0 bridgehead atoms. The number of carbonyl (C=O) groups is 3. The van der Waals surface area contributed by atoms with Crippen LogP contribution in [0.25, 0.3) is 0 Å². The monoisotopic (exact) mass is 414 g/mol. The van der Waals surface area contributed by atoms with Gasteiger partial charge < -0.3 is 10.6 Å². The number of halogens is 1. The molecule has 0 aromatic heterocycles. The summed E-state index contributed by atoms with van der Waals surface area (Å²) in [6.45, 7) is 7.33. The minimum absolute atomic E-state index is 0.0435. The largest absolute Gasteiger partial charge is 0.376 e. The molecule has 0 heterocycles. The molecule has 0 aliphatic rings. The number of amides is 3. The molecule has 0 spiro atoms. The van der Waals surface area contributed by atoms with Crippen LogP contribution in [0.5, 0.6) is 0 Å². The minimum atomic E-state index is -0.954.